The largest absolute Gasteiger partial charge is 0.487 e. The molecular weight excluding hydrogens is 262 g/mol. The van der Waals surface area contributed by atoms with E-state index in [4.69, 9.17) is 4.74 Å². The molecule has 3 rings (SSSR count). The highest BCUT2D eigenvalue weighted by molar-refractivity contribution is 5.78. The molecule has 0 unspecified atom stereocenters. The van der Waals surface area contributed by atoms with Crippen LogP contribution in [0, 0.1) is 6.92 Å². The molecule has 0 saturated carbocycles. The van der Waals surface area contributed by atoms with E-state index >= 15 is 0 Å². The predicted molar refractivity (Wildman–Crippen MR) is 83.2 cm³/mol. The summed E-state index contributed by atoms with van der Waals surface area (Å²) in [6, 6.07) is 17.8. The second-order valence-electron chi connectivity index (χ2n) is 5.01. The van der Waals surface area contributed by atoms with Crippen LogP contribution in [0.3, 0.4) is 0 Å². The molecule has 0 radical (unpaired) electrons. The molecule has 21 heavy (non-hydrogen) atoms. The monoisotopic (exact) mass is 279 g/mol. The Hall–Kier alpha value is -2.39. The first-order chi connectivity index (χ1) is 10.3. The normalized spacial score (nSPS) is 10.8. The number of aliphatic hydroxyl groups is 1. The van der Waals surface area contributed by atoms with Crippen LogP contribution in [0.1, 0.15) is 16.8 Å². The highest BCUT2D eigenvalue weighted by Crippen LogP contribution is 2.24. The number of aliphatic hydroxyl groups excluding tert-OH is 1. The van der Waals surface area contributed by atoms with Gasteiger partial charge in [0.1, 0.15) is 12.4 Å². The lowest BCUT2D eigenvalue weighted by Gasteiger charge is -2.12. The molecular formula is C18H17NO2. The van der Waals surface area contributed by atoms with Gasteiger partial charge < -0.3 is 9.84 Å². The number of para-hydroxylation sites is 2. The molecule has 106 valence electrons. The second kappa shape index (κ2) is 5.94. The molecule has 3 nitrogen and oxygen atoms in total. The van der Waals surface area contributed by atoms with E-state index in [2.05, 4.69) is 4.98 Å². The lowest BCUT2D eigenvalue weighted by molar-refractivity contribution is 0.256. The van der Waals surface area contributed by atoms with Crippen LogP contribution in [0.25, 0.3) is 10.9 Å². The molecule has 1 heterocycles. The van der Waals surface area contributed by atoms with Crippen LogP contribution in [0.2, 0.25) is 0 Å². The number of rotatable bonds is 4. The van der Waals surface area contributed by atoms with Gasteiger partial charge in [0.25, 0.3) is 0 Å². The van der Waals surface area contributed by atoms with Crippen molar-refractivity contribution < 1.29 is 9.84 Å². The van der Waals surface area contributed by atoms with Crippen LogP contribution in [0.15, 0.2) is 54.6 Å². The maximum absolute atomic E-state index is 9.39. The fourth-order valence-electron chi connectivity index (χ4n) is 2.38. The number of pyridine rings is 1. The Labute approximate surface area is 123 Å². The van der Waals surface area contributed by atoms with E-state index in [1.807, 2.05) is 61.5 Å². The standard InChI is InChI=1S/C18H17NO2/c1-13-5-4-7-15(11-20)18(13)21-12-16-10-9-14-6-2-3-8-17(14)19-16/h2-10,20H,11-12H2,1H3. The molecule has 2 aromatic carbocycles. The Morgan fingerprint density at radius 1 is 1.00 bits per heavy atom. The number of aryl methyl sites for hydroxylation is 1. The molecule has 0 aliphatic rings. The smallest absolute Gasteiger partial charge is 0.130 e. The number of aromatic nitrogens is 1. The summed E-state index contributed by atoms with van der Waals surface area (Å²) in [5.41, 5.74) is 3.66. The van der Waals surface area contributed by atoms with Gasteiger partial charge in [-0.1, -0.05) is 42.5 Å². The molecule has 0 aliphatic heterocycles. The van der Waals surface area contributed by atoms with Crippen molar-refractivity contribution in [2.75, 3.05) is 0 Å². The summed E-state index contributed by atoms with van der Waals surface area (Å²) in [5.74, 6) is 0.745. The van der Waals surface area contributed by atoms with Gasteiger partial charge in [-0.05, 0) is 24.6 Å². The summed E-state index contributed by atoms with van der Waals surface area (Å²) in [5, 5.41) is 10.5. The predicted octanol–water partition coefficient (Wildman–Crippen LogP) is 3.61. The van der Waals surface area contributed by atoms with E-state index in [1.54, 1.807) is 0 Å². The van der Waals surface area contributed by atoms with E-state index in [1.165, 1.54) is 0 Å². The van der Waals surface area contributed by atoms with Crippen molar-refractivity contribution >= 4 is 10.9 Å². The maximum atomic E-state index is 9.39. The lowest BCUT2D eigenvalue weighted by atomic mass is 10.1. The van der Waals surface area contributed by atoms with Crippen molar-refractivity contribution in [2.45, 2.75) is 20.1 Å². The molecule has 1 aromatic heterocycles. The van der Waals surface area contributed by atoms with Crippen LogP contribution in [-0.4, -0.2) is 10.1 Å². The van der Waals surface area contributed by atoms with E-state index in [9.17, 15) is 5.11 Å². The number of nitrogens with zero attached hydrogens (tertiary/aromatic N) is 1. The van der Waals surface area contributed by atoms with Gasteiger partial charge >= 0.3 is 0 Å². The number of hydrogen-bond acceptors (Lipinski definition) is 3. The van der Waals surface area contributed by atoms with E-state index in [-0.39, 0.29) is 6.61 Å². The molecule has 1 N–H and O–H groups in total. The number of hydrogen-bond donors (Lipinski definition) is 1. The topological polar surface area (TPSA) is 42.4 Å². The van der Waals surface area contributed by atoms with Crippen molar-refractivity contribution in [3.63, 3.8) is 0 Å². The molecule has 0 amide bonds. The molecule has 0 atom stereocenters. The Balaban J connectivity index is 1.83. The van der Waals surface area contributed by atoms with Gasteiger partial charge in [0.15, 0.2) is 0 Å². The van der Waals surface area contributed by atoms with E-state index in [0.29, 0.717) is 6.61 Å². The third-order valence-corrected chi connectivity index (χ3v) is 3.48. The Morgan fingerprint density at radius 2 is 1.86 bits per heavy atom. The summed E-state index contributed by atoms with van der Waals surface area (Å²) in [7, 11) is 0. The molecule has 0 saturated heterocycles. The molecule has 3 aromatic rings. The lowest BCUT2D eigenvalue weighted by Crippen LogP contribution is -2.02. The second-order valence-corrected chi connectivity index (χ2v) is 5.01. The van der Waals surface area contributed by atoms with Gasteiger partial charge in [0.2, 0.25) is 0 Å². The van der Waals surface area contributed by atoms with Crippen LogP contribution in [0.5, 0.6) is 5.75 Å². The third kappa shape index (κ3) is 2.88. The van der Waals surface area contributed by atoms with Crippen LogP contribution < -0.4 is 4.74 Å². The first-order valence-corrected chi connectivity index (χ1v) is 6.95. The Kier molecular flexibility index (Phi) is 3.84. The minimum Gasteiger partial charge on any atom is -0.487 e. The van der Waals surface area contributed by atoms with Gasteiger partial charge in [0, 0.05) is 10.9 Å². The molecule has 3 heteroatoms. The van der Waals surface area contributed by atoms with Crippen LogP contribution in [-0.2, 0) is 13.2 Å². The zero-order valence-electron chi connectivity index (χ0n) is 11.9. The highest BCUT2D eigenvalue weighted by Gasteiger charge is 2.07. The van der Waals surface area contributed by atoms with Crippen molar-refractivity contribution in [3.8, 4) is 5.75 Å². The minimum atomic E-state index is -0.0256. The Bertz CT molecular complexity index is 768. The fourth-order valence-corrected chi connectivity index (χ4v) is 2.38. The average Bonchev–Trinajstić information content (AvgIpc) is 2.53. The average molecular weight is 279 g/mol. The minimum absolute atomic E-state index is 0.0256. The summed E-state index contributed by atoms with van der Waals surface area (Å²) in [4.78, 5) is 4.59. The molecule has 0 spiro atoms. The van der Waals surface area contributed by atoms with Gasteiger partial charge in [-0.3, -0.25) is 0 Å². The zero-order chi connectivity index (χ0) is 14.7. The van der Waals surface area contributed by atoms with E-state index < -0.39 is 0 Å². The first kappa shape index (κ1) is 13.6. The van der Waals surface area contributed by atoms with Gasteiger partial charge in [0.05, 0.1) is 17.8 Å². The van der Waals surface area contributed by atoms with Gasteiger partial charge in [-0.2, -0.15) is 0 Å². The fraction of sp³-hybridized carbons (Fsp3) is 0.167. The highest BCUT2D eigenvalue weighted by atomic mass is 16.5. The zero-order valence-corrected chi connectivity index (χ0v) is 11.9. The van der Waals surface area contributed by atoms with Gasteiger partial charge in [-0.15, -0.1) is 0 Å². The van der Waals surface area contributed by atoms with Crippen molar-refractivity contribution in [3.05, 3.63) is 71.4 Å². The van der Waals surface area contributed by atoms with Crippen molar-refractivity contribution in [1.82, 2.24) is 4.98 Å². The summed E-state index contributed by atoms with van der Waals surface area (Å²) < 4.78 is 5.87. The van der Waals surface area contributed by atoms with Crippen molar-refractivity contribution in [1.29, 1.82) is 0 Å². The van der Waals surface area contributed by atoms with Crippen molar-refractivity contribution in [2.24, 2.45) is 0 Å². The number of ether oxygens (including phenoxy) is 1. The third-order valence-electron chi connectivity index (χ3n) is 3.48. The van der Waals surface area contributed by atoms with Gasteiger partial charge in [-0.25, -0.2) is 4.98 Å². The van der Waals surface area contributed by atoms with Crippen LogP contribution in [0.4, 0.5) is 0 Å². The summed E-state index contributed by atoms with van der Waals surface area (Å²) in [6.07, 6.45) is 0. The summed E-state index contributed by atoms with van der Waals surface area (Å²) in [6.45, 7) is 2.34. The molecule has 0 bridgehead atoms. The Morgan fingerprint density at radius 3 is 2.71 bits per heavy atom. The molecule has 0 aliphatic carbocycles. The summed E-state index contributed by atoms with van der Waals surface area (Å²) >= 11 is 0. The number of benzene rings is 2. The quantitative estimate of drug-likeness (QED) is 0.793. The molecule has 0 fully saturated rings. The maximum Gasteiger partial charge on any atom is 0.130 e. The van der Waals surface area contributed by atoms with Crippen LogP contribution >= 0.6 is 0 Å². The van der Waals surface area contributed by atoms with E-state index in [0.717, 1.165) is 33.5 Å². The SMILES string of the molecule is Cc1cccc(CO)c1OCc1ccc2ccccc2n1. The number of fused-ring (bicyclic) bond motifs is 1. The first-order valence-electron chi connectivity index (χ1n) is 6.95.